The van der Waals surface area contributed by atoms with E-state index in [-0.39, 0.29) is 0 Å². The van der Waals surface area contributed by atoms with Crippen LogP contribution in [0.4, 0.5) is 5.69 Å². The van der Waals surface area contributed by atoms with Crippen LogP contribution in [0.15, 0.2) is 42.7 Å². The van der Waals surface area contributed by atoms with Gasteiger partial charge >= 0.3 is 0 Å². The largest absolute Gasteiger partial charge is 0.368 e. The minimum atomic E-state index is 0.809. The fraction of sp³-hybridized carbons (Fsp3) is 0.300. The molecule has 7 nitrogen and oxygen atoms in total. The molecule has 0 bridgehead atoms. The summed E-state index contributed by atoms with van der Waals surface area (Å²) in [6, 6.07) is 12.6. The number of hydrogen-bond acceptors (Lipinski definition) is 5. The molecule has 0 radical (unpaired) electrons. The summed E-state index contributed by atoms with van der Waals surface area (Å²) in [5, 5.41) is 17.6. The highest BCUT2D eigenvalue weighted by Crippen LogP contribution is 2.30. The predicted octanol–water partition coefficient (Wildman–Crippen LogP) is 2.44. The molecular formula is C20H21N7. The Morgan fingerprint density at radius 2 is 1.81 bits per heavy atom. The zero-order chi connectivity index (χ0) is 18.4. The van der Waals surface area contributed by atoms with Crippen LogP contribution < -0.4 is 4.90 Å². The summed E-state index contributed by atoms with van der Waals surface area (Å²) < 4.78 is 3.79. The molecule has 0 unspecified atom stereocenters. The lowest BCUT2D eigenvalue weighted by Crippen LogP contribution is -2.27. The third-order valence-electron chi connectivity index (χ3n) is 5.24. The van der Waals surface area contributed by atoms with Crippen LogP contribution in [0.1, 0.15) is 17.0 Å². The van der Waals surface area contributed by atoms with E-state index >= 15 is 0 Å². The topological polar surface area (TPSA) is 64.1 Å². The number of hydrogen-bond donors (Lipinski definition) is 0. The van der Waals surface area contributed by atoms with Gasteiger partial charge in [-0.2, -0.15) is 14.7 Å². The van der Waals surface area contributed by atoms with Crippen LogP contribution in [-0.2, 0) is 19.9 Å². The fourth-order valence-electron chi connectivity index (χ4n) is 4.05. The second kappa shape index (κ2) is 6.19. The highest BCUT2D eigenvalue weighted by molar-refractivity contribution is 5.69. The van der Waals surface area contributed by atoms with Gasteiger partial charge in [0.05, 0.1) is 22.8 Å². The molecule has 3 aromatic heterocycles. The number of fused-ring (bicyclic) bond motifs is 2. The number of benzene rings is 1. The Kier molecular flexibility index (Phi) is 3.67. The summed E-state index contributed by atoms with van der Waals surface area (Å²) >= 11 is 0. The third kappa shape index (κ3) is 2.66. The molecular weight excluding hydrogens is 338 g/mol. The molecule has 7 heteroatoms. The molecule has 4 aromatic rings. The molecule has 0 saturated carbocycles. The molecule has 0 saturated heterocycles. The van der Waals surface area contributed by atoms with E-state index in [0.717, 1.165) is 43.0 Å². The molecule has 0 N–H and O–H groups in total. The SMILES string of the molecule is Cc1cc(N2CCc3nn(C)c(-c4ccccc4)c3CC2)c2nncn2n1. The van der Waals surface area contributed by atoms with E-state index in [1.165, 1.54) is 22.5 Å². The standard InChI is InChI=1S/C20H21N7/c1-14-12-18(20-22-21-13-27(20)23-14)26-10-8-16-17(9-11-26)24-25(2)19(16)15-6-4-3-5-7-15/h3-7,12-13H,8-11H2,1-2H3. The molecule has 0 atom stereocenters. The van der Waals surface area contributed by atoms with Crippen LogP contribution in [0.25, 0.3) is 16.9 Å². The molecule has 1 aliphatic rings. The van der Waals surface area contributed by atoms with Crippen LogP contribution >= 0.6 is 0 Å². The molecule has 1 aromatic carbocycles. The minimum Gasteiger partial charge on any atom is -0.368 e. The van der Waals surface area contributed by atoms with Gasteiger partial charge in [-0.1, -0.05) is 30.3 Å². The monoisotopic (exact) mass is 359 g/mol. The molecule has 0 spiro atoms. The Hall–Kier alpha value is -3.22. The van der Waals surface area contributed by atoms with Crippen LogP contribution in [0, 0.1) is 6.92 Å². The van der Waals surface area contributed by atoms with Crippen molar-refractivity contribution in [2.24, 2.45) is 7.05 Å². The van der Waals surface area contributed by atoms with Crippen LogP contribution in [0.2, 0.25) is 0 Å². The first-order chi connectivity index (χ1) is 13.2. The van der Waals surface area contributed by atoms with Crippen molar-refractivity contribution in [1.82, 2.24) is 29.6 Å². The molecule has 0 amide bonds. The van der Waals surface area contributed by atoms with Crippen LogP contribution in [0.5, 0.6) is 0 Å². The maximum Gasteiger partial charge on any atom is 0.200 e. The zero-order valence-corrected chi connectivity index (χ0v) is 15.5. The quantitative estimate of drug-likeness (QED) is 0.550. The van der Waals surface area contributed by atoms with Crippen molar-refractivity contribution in [3.63, 3.8) is 0 Å². The van der Waals surface area contributed by atoms with Crippen molar-refractivity contribution < 1.29 is 0 Å². The van der Waals surface area contributed by atoms with Gasteiger partial charge in [-0.15, -0.1) is 10.2 Å². The Morgan fingerprint density at radius 1 is 1.00 bits per heavy atom. The third-order valence-corrected chi connectivity index (χ3v) is 5.24. The lowest BCUT2D eigenvalue weighted by molar-refractivity contribution is 0.728. The van der Waals surface area contributed by atoms with Gasteiger partial charge < -0.3 is 4.90 Å². The van der Waals surface area contributed by atoms with Gasteiger partial charge in [-0.05, 0) is 19.4 Å². The van der Waals surface area contributed by atoms with E-state index in [4.69, 9.17) is 5.10 Å². The van der Waals surface area contributed by atoms with Crippen molar-refractivity contribution in [3.8, 4) is 11.3 Å². The highest BCUT2D eigenvalue weighted by Gasteiger charge is 2.24. The van der Waals surface area contributed by atoms with Crippen molar-refractivity contribution >= 4 is 11.3 Å². The molecule has 0 aliphatic carbocycles. The molecule has 0 fully saturated rings. The first kappa shape index (κ1) is 16.0. The average Bonchev–Trinajstić information content (AvgIpc) is 3.20. The van der Waals surface area contributed by atoms with E-state index in [1.54, 1.807) is 10.8 Å². The Morgan fingerprint density at radius 3 is 2.67 bits per heavy atom. The predicted molar refractivity (Wildman–Crippen MR) is 104 cm³/mol. The number of aryl methyl sites for hydroxylation is 2. The summed E-state index contributed by atoms with van der Waals surface area (Å²) in [7, 11) is 2.04. The number of rotatable bonds is 2. The summed E-state index contributed by atoms with van der Waals surface area (Å²) in [6.45, 7) is 3.83. The maximum atomic E-state index is 4.83. The summed E-state index contributed by atoms with van der Waals surface area (Å²) in [4.78, 5) is 2.38. The Bertz CT molecular complexity index is 1110. The van der Waals surface area contributed by atoms with E-state index in [1.807, 2.05) is 18.7 Å². The summed E-state index contributed by atoms with van der Waals surface area (Å²) in [5.41, 5.74) is 7.87. The van der Waals surface area contributed by atoms with Crippen molar-refractivity contribution in [2.75, 3.05) is 18.0 Å². The van der Waals surface area contributed by atoms with Gasteiger partial charge in [0.15, 0.2) is 0 Å². The maximum absolute atomic E-state index is 4.83. The summed E-state index contributed by atoms with van der Waals surface area (Å²) in [5.74, 6) is 0. The van der Waals surface area contributed by atoms with E-state index in [2.05, 4.69) is 56.6 Å². The fourth-order valence-corrected chi connectivity index (χ4v) is 4.05. The van der Waals surface area contributed by atoms with E-state index < -0.39 is 0 Å². The Balaban J connectivity index is 1.52. The smallest absolute Gasteiger partial charge is 0.200 e. The van der Waals surface area contributed by atoms with Crippen LogP contribution in [-0.4, -0.2) is 42.7 Å². The Labute approximate surface area is 157 Å². The van der Waals surface area contributed by atoms with Gasteiger partial charge in [-0.25, -0.2) is 0 Å². The van der Waals surface area contributed by atoms with Gasteiger partial charge in [0.1, 0.15) is 6.33 Å². The second-order valence-corrected chi connectivity index (χ2v) is 7.02. The zero-order valence-electron chi connectivity index (χ0n) is 15.5. The lowest BCUT2D eigenvalue weighted by atomic mass is 10.0. The first-order valence-electron chi connectivity index (χ1n) is 9.23. The number of nitrogens with zero attached hydrogens (tertiary/aromatic N) is 7. The van der Waals surface area contributed by atoms with Crippen molar-refractivity contribution in [1.29, 1.82) is 0 Å². The van der Waals surface area contributed by atoms with Gasteiger partial charge in [0.2, 0.25) is 5.65 Å². The van der Waals surface area contributed by atoms with Crippen molar-refractivity contribution in [3.05, 3.63) is 59.7 Å². The van der Waals surface area contributed by atoms with Crippen LogP contribution in [0.3, 0.4) is 0 Å². The van der Waals surface area contributed by atoms with Gasteiger partial charge in [0, 0.05) is 37.7 Å². The molecule has 27 heavy (non-hydrogen) atoms. The normalized spacial score (nSPS) is 14.4. The molecule has 1 aliphatic heterocycles. The summed E-state index contributed by atoms with van der Waals surface area (Å²) in [6.07, 6.45) is 3.53. The lowest BCUT2D eigenvalue weighted by Gasteiger charge is -2.23. The molecule has 4 heterocycles. The minimum absolute atomic E-state index is 0.809. The van der Waals surface area contributed by atoms with E-state index in [0.29, 0.717) is 0 Å². The molecule has 5 rings (SSSR count). The average molecular weight is 359 g/mol. The van der Waals surface area contributed by atoms with Gasteiger partial charge in [0.25, 0.3) is 0 Å². The number of anilines is 1. The second-order valence-electron chi connectivity index (χ2n) is 7.02. The highest BCUT2D eigenvalue weighted by atomic mass is 15.4. The van der Waals surface area contributed by atoms with Gasteiger partial charge in [-0.3, -0.25) is 4.68 Å². The number of aromatic nitrogens is 6. The van der Waals surface area contributed by atoms with E-state index in [9.17, 15) is 0 Å². The van der Waals surface area contributed by atoms with Crippen molar-refractivity contribution in [2.45, 2.75) is 19.8 Å². The first-order valence-corrected chi connectivity index (χ1v) is 9.23. The molecule has 136 valence electrons.